The van der Waals surface area contributed by atoms with E-state index in [-0.39, 0.29) is 16.8 Å². The number of methoxy groups -OCH3 is 1. The maximum Gasteiger partial charge on any atom is 0.437 e. The van der Waals surface area contributed by atoms with Crippen molar-refractivity contribution in [3.8, 4) is 0 Å². The van der Waals surface area contributed by atoms with Gasteiger partial charge >= 0.3 is 18.3 Å². The molecule has 1 unspecified atom stereocenters. The van der Waals surface area contributed by atoms with Crippen LogP contribution in [0.5, 0.6) is 0 Å². The zero-order valence-corrected chi connectivity index (χ0v) is 15.4. The molecule has 2 aromatic rings. The second kappa shape index (κ2) is 7.26. The number of esters is 1. The quantitative estimate of drug-likeness (QED) is 0.537. The van der Waals surface area contributed by atoms with E-state index in [0.717, 1.165) is 0 Å². The van der Waals surface area contributed by atoms with E-state index in [1.165, 1.54) is 25.3 Å². The lowest BCUT2D eigenvalue weighted by Crippen LogP contribution is -2.43. The van der Waals surface area contributed by atoms with Gasteiger partial charge in [0.1, 0.15) is 5.69 Å². The number of carbonyl (C=O) groups is 1. The van der Waals surface area contributed by atoms with Crippen LogP contribution in [0.1, 0.15) is 39.3 Å². The molecular weight excluding hydrogens is 420 g/mol. The Morgan fingerprint density at radius 2 is 1.87 bits per heavy atom. The molecule has 0 spiro atoms. The van der Waals surface area contributed by atoms with Gasteiger partial charge < -0.3 is 9.57 Å². The number of aryl methyl sites for hydroxylation is 1. The van der Waals surface area contributed by atoms with Crippen molar-refractivity contribution < 1.29 is 40.7 Å². The summed E-state index contributed by atoms with van der Waals surface area (Å²) in [5.41, 5.74) is -5.24. The van der Waals surface area contributed by atoms with Gasteiger partial charge in [0.05, 0.1) is 37.2 Å². The van der Waals surface area contributed by atoms with Crippen molar-refractivity contribution in [2.24, 2.45) is 5.16 Å². The topological polar surface area (TPSA) is 73.7 Å². The van der Waals surface area contributed by atoms with Crippen molar-refractivity contribution >= 4 is 11.7 Å². The molecular formula is C18H13F6N3O3. The molecule has 0 aliphatic carbocycles. The largest absolute Gasteiger partial charge is 0.465 e. The Hall–Kier alpha value is -3.18. The molecule has 30 heavy (non-hydrogen) atoms. The van der Waals surface area contributed by atoms with Crippen LogP contribution in [0.4, 0.5) is 26.3 Å². The summed E-state index contributed by atoms with van der Waals surface area (Å²) in [6, 6.07) is 4.08. The van der Waals surface area contributed by atoms with Crippen LogP contribution in [0, 0.1) is 6.92 Å². The zero-order chi connectivity index (χ0) is 22.3. The van der Waals surface area contributed by atoms with E-state index < -0.39 is 41.7 Å². The molecule has 1 aliphatic rings. The van der Waals surface area contributed by atoms with Gasteiger partial charge in [-0.05, 0) is 30.2 Å². The molecule has 0 saturated heterocycles. The maximum atomic E-state index is 13.9. The van der Waals surface area contributed by atoms with E-state index in [2.05, 4.69) is 24.7 Å². The third-order valence-corrected chi connectivity index (χ3v) is 4.49. The summed E-state index contributed by atoms with van der Waals surface area (Å²) in [5, 5.41) is 3.46. The van der Waals surface area contributed by atoms with E-state index in [0.29, 0.717) is 18.0 Å². The first-order valence-corrected chi connectivity index (χ1v) is 8.30. The minimum atomic E-state index is -5.14. The molecule has 1 atom stereocenters. The lowest BCUT2D eigenvalue weighted by Gasteiger charge is -2.28. The molecule has 1 aromatic carbocycles. The van der Waals surface area contributed by atoms with E-state index in [1.807, 2.05) is 0 Å². The summed E-state index contributed by atoms with van der Waals surface area (Å²) in [5.74, 6) is -0.632. The smallest absolute Gasteiger partial charge is 0.437 e. The van der Waals surface area contributed by atoms with Crippen LogP contribution in [0.2, 0.25) is 0 Å². The number of alkyl halides is 6. The summed E-state index contributed by atoms with van der Waals surface area (Å²) in [6.07, 6.45) is -10.2. The summed E-state index contributed by atoms with van der Waals surface area (Å²) < 4.78 is 85.0. The van der Waals surface area contributed by atoms with Gasteiger partial charge in [-0.2, -0.15) is 26.3 Å². The minimum absolute atomic E-state index is 0.175. The standard InChI is InChI=1S/C18H13F6N3O3/c1-9-5-10(3-4-11(9)15(28)29-2)12-6-16(30-27-12,18(22,23)24)13-7-25-8-14(26-13)17(19,20)21/h3-5,7-8H,6H2,1-2H3. The number of benzene rings is 1. The Kier molecular flexibility index (Phi) is 5.21. The minimum Gasteiger partial charge on any atom is -0.465 e. The van der Waals surface area contributed by atoms with Gasteiger partial charge in [-0.15, -0.1) is 0 Å². The molecule has 0 fully saturated rings. The SMILES string of the molecule is COC(=O)c1ccc(C2=NOC(c3cncc(C(F)(F)F)n3)(C(F)(F)F)C2)cc1C. The molecule has 160 valence electrons. The second-order valence-electron chi connectivity index (χ2n) is 6.44. The molecule has 0 bridgehead atoms. The average Bonchev–Trinajstić information content (AvgIpc) is 3.13. The molecule has 12 heteroatoms. The molecule has 0 radical (unpaired) electrons. The first kappa shape index (κ1) is 21.5. The number of aromatic nitrogens is 2. The number of ether oxygens (including phenoxy) is 1. The highest BCUT2D eigenvalue weighted by atomic mass is 19.4. The highest BCUT2D eigenvalue weighted by molar-refractivity contribution is 6.03. The number of carbonyl (C=O) groups excluding carboxylic acids is 1. The zero-order valence-electron chi connectivity index (χ0n) is 15.4. The molecule has 2 heterocycles. The third-order valence-electron chi connectivity index (χ3n) is 4.49. The van der Waals surface area contributed by atoms with Crippen LogP contribution < -0.4 is 0 Å². The molecule has 3 rings (SSSR count). The Balaban J connectivity index is 2.00. The van der Waals surface area contributed by atoms with Gasteiger partial charge in [0.25, 0.3) is 5.60 Å². The maximum absolute atomic E-state index is 13.9. The molecule has 6 nitrogen and oxygen atoms in total. The highest BCUT2D eigenvalue weighted by Crippen LogP contribution is 2.48. The van der Waals surface area contributed by atoms with E-state index in [4.69, 9.17) is 0 Å². The molecule has 1 aromatic heterocycles. The summed E-state index contributed by atoms with van der Waals surface area (Å²) in [4.78, 5) is 22.7. The first-order valence-electron chi connectivity index (χ1n) is 8.30. The van der Waals surface area contributed by atoms with Gasteiger partial charge in [0.15, 0.2) is 5.69 Å². The lowest BCUT2D eigenvalue weighted by molar-refractivity contribution is -0.277. The number of hydrogen-bond acceptors (Lipinski definition) is 6. The van der Waals surface area contributed by atoms with Crippen LogP contribution in [0.25, 0.3) is 0 Å². The highest BCUT2D eigenvalue weighted by Gasteiger charge is 2.64. The van der Waals surface area contributed by atoms with Gasteiger partial charge in [-0.3, -0.25) is 4.98 Å². The van der Waals surface area contributed by atoms with Crippen LogP contribution in [0.15, 0.2) is 35.7 Å². The molecule has 0 amide bonds. The Morgan fingerprint density at radius 3 is 2.43 bits per heavy atom. The Morgan fingerprint density at radius 1 is 1.17 bits per heavy atom. The fraction of sp³-hybridized carbons (Fsp3) is 0.333. The van der Waals surface area contributed by atoms with Crippen molar-refractivity contribution in [3.05, 3.63) is 58.7 Å². The molecule has 1 aliphatic heterocycles. The van der Waals surface area contributed by atoms with Crippen LogP contribution >= 0.6 is 0 Å². The van der Waals surface area contributed by atoms with Crippen molar-refractivity contribution in [1.82, 2.24) is 9.97 Å². The van der Waals surface area contributed by atoms with Crippen LogP contribution in [0.3, 0.4) is 0 Å². The number of halogens is 6. The first-order chi connectivity index (χ1) is 13.9. The fourth-order valence-electron chi connectivity index (χ4n) is 2.90. The van der Waals surface area contributed by atoms with Gasteiger partial charge in [0, 0.05) is 0 Å². The van der Waals surface area contributed by atoms with E-state index in [1.54, 1.807) is 6.92 Å². The monoisotopic (exact) mass is 433 g/mol. The van der Waals surface area contributed by atoms with Crippen molar-refractivity contribution in [3.63, 3.8) is 0 Å². The van der Waals surface area contributed by atoms with Crippen molar-refractivity contribution in [2.75, 3.05) is 7.11 Å². The fourth-order valence-corrected chi connectivity index (χ4v) is 2.90. The number of oxime groups is 1. The van der Waals surface area contributed by atoms with Crippen LogP contribution in [-0.4, -0.2) is 34.9 Å². The normalized spacial score (nSPS) is 19.3. The summed E-state index contributed by atoms with van der Waals surface area (Å²) in [7, 11) is 1.18. The predicted octanol–water partition coefficient (Wildman–Crippen LogP) is 4.17. The Bertz CT molecular complexity index is 1020. The number of rotatable bonds is 3. The second-order valence-corrected chi connectivity index (χ2v) is 6.44. The molecule has 0 N–H and O–H groups in total. The molecule has 0 saturated carbocycles. The van der Waals surface area contributed by atoms with Crippen molar-refractivity contribution in [1.29, 1.82) is 0 Å². The lowest BCUT2D eigenvalue weighted by atomic mass is 9.89. The Labute approximate surface area is 165 Å². The van der Waals surface area contributed by atoms with Crippen molar-refractivity contribution in [2.45, 2.75) is 31.3 Å². The number of nitrogens with zero attached hydrogens (tertiary/aromatic N) is 3. The summed E-state index contributed by atoms with van der Waals surface area (Å²) in [6.45, 7) is 1.54. The third kappa shape index (κ3) is 3.68. The number of hydrogen-bond donors (Lipinski definition) is 0. The van der Waals surface area contributed by atoms with E-state index >= 15 is 0 Å². The predicted molar refractivity (Wildman–Crippen MR) is 89.5 cm³/mol. The van der Waals surface area contributed by atoms with Gasteiger partial charge in [-0.25, -0.2) is 9.78 Å². The van der Waals surface area contributed by atoms with Crippen LogP contribution in [-0.2, 0) is 21.4 Å². The summed E-state index contributed by atoms with van der Waals surface area (Å²) >= 11 is 0. The van der Waals surface area contributed by atoms with Gasteiger partial charge in [0.2, 0.25) is 0 Å². The van der Waals surface area contributed by atoms with Gasteiger partial charge in [-0.1, -0.05) is 11.2 Å². The van der Waals surface area contributed by atoms with E-state index in [9.17, 15) is 31.1 Å². The average molecular weight is 433 g/mol.